The highest BCUT2D eigenvalue weighted by molar-refractivity contribution is 6.04. The molecule has 1 aliphatic rings. The van der Waals surface area contributed by atoms with Crippen molar-refractivity contribution in [3.8, 4) is 0 Å². The molecule has 1 N–H and O–H groups in total. The Hall–Kier alpha value is -1.55. The maximum atomic E-state index is 11.5. The number of esters is 1. The topological polar surface area (TPSA) is 50.7 Å². The minimum absolute atomic E-state index is 0. The molecule has 1 aromatic carbocycles. The van der Waals surface area contributed by atoms with Gasteiger partial charge in [0, 0.05) is 19.2 Å². The Morgan fingerprint density at radius 2 is 2.29 bits per heavy atom. The molecule has 0 bridgehead atoms. The van der Waals surface area contributed by atoms with Crippen LogP contribution in [-0.2, 0) is 11.2 Å². The zero-order valence-electron chi connectivity index (χ0n) is 9.82. The number of hydrogen-bond acceptors (Lipinski definition) is 3. The summed E-state index contributed by atoms with van der Waals surface area (Å²) in [4.78, 5) is 15.6. The van der Waals surface area contributed by atoms with Crippen LogP contribution in [0.1, 0.15) is 22.8 Å². The number of amidine groups is 1. The summed E-state index contributed by atoms with van der Waals surface area (Å²) in [6.45, 7) is 2.20. The zero-order chi connectivity index (χ0) is 11.5. The summed E-state index contributed by atoms with van der Waals surface area (Å²) >= 11 is 0. The van der Waals surface area contributed by atoms with Gasteiger partial charge < -0.3 is 10.1 Å². The molecule has 0 saturated heterocycles. The molecule has 5 heteroatoms. The van der Waals surface area contributed by atoms with Crippen LogP contribution in [0.2, 0.25) is 0 Å². The van der Waals surface area contributed by atoms with E-state index in [0.29, 0.717) is 12.2 Å². The van der Waals surface area contributed by atoms with Crippen LogP contribution in [0.15, 0.2) is 23.2 Å². The van der Waals surface area contributed by atoms with Gasteiger partial charge in [-0.2, -0.15) is 0 Å². The van der Waals surface area contributed by atoms with E-state index in [-0.39, 0.29) is 18.4 Å². The molecule has 0 atom stereocenters. The third-order valence-corrected chi connectivity index (χ3v) is 2.52. The highest BCUT2D eigenvalue weighted by Gasteiger charge is 2.17. The Morgan fingerprint density at radius 3 is 2.94 bits per heavy atom. The van der Waals surface area contributed by atoms with Crippen molar-refractivity contribution in [2.24, 2.45) is 4.99 Å². The first kappa shape index (κ1) is 13.5. The van der Waals surface area contributed by atoms with E-state index < -0.39 is 0 Å². The number of fused-ring (bicyclic) bond motifs is 1. The first-order valence-corrected chi connectivity index (χ1v) is 5.27. The minimum atomic E-state index is -0.271. The van der Waals surface area contributed by atoms with Crippen LogP contribution in [-0.4, -0.2) is 25.5 Å². The first-order valence-electron chi connectivity index (χ1n) is 5.27. The number of carbonyl (C=O) groups is 1. The highest BCUT2D eigenvalue weighted by atomic mass is 35.5. The van der Waals surface area contributed by atoms with Gasteiger partial charge in [0.05, 0.1) is 12.2 Å². The van der Waals surface area contributed by atoms with E-state index in [1.54, 1.807) is 20.0 Å². The molecule has 17 heavy (non-hydrogen) atoms. The molecule has 0 radical (unpaired) electrons. The summed E-state index contributed by atoms with van der Waals surface area (Å²) in [5.41, 5.74) is 2.71. The van der Waals surface area contributed by atoms with Gasteiger partial charge in [-0.1, -0.05) is 0 Å². The Morgan fingerprint density at radius 1 is 1.53 bits per heavy atom. The number of rotatable bonds is 2. The SMILES string of the molecule is CCOC(=O)c1ccc2c(c1)C/C(=N/C)N2.Cl. The van der Waals surface area contributed by atoms with E-state index in [1.807, 2.05) is 12.1 Å². The van der Waals surface area contributed by atoms with E-state index in [0.717, 1.165) is 23.5 Å². The summed E-state index contributed by atoms with van der Waals surface area (Å²) in [5.74, 6) is 0.656. The van der Waals surface area contributed by atoms with Gasteiger partial charge in [-0.15, -0.1) is 12.4 Å². The van der Waals surface area contributed by atoms with Crippen LogP contribution in [0, 0.1) is 0 Å². The van der Waals surface area contributed by atoms with E-state index in [4.69, 9.17) is 4.74 Å². The van der Waals surface area contributed by atoms with E-state index in [1.165, 1.54) is 0 Å². The van der Waals surface area contributed by atoms with Gasteiger partial charge >= 0.3 is 5.97 Å². The highest BCUT2D eigenvalue weighted by Crippen LogP contribution is 2.24. The molecule has 2 rings (SSSR count). The second-order valence-corrected chi connectivity index (χ2v) is 3.56. The number of carbonyl (C=O) groups excluding carboxylic acids is 1. The molecule has 0 aromatic heterocycles. The van der Waals surface area contributed by atoms with Crippen molar-refractivity contribution in [3.63, 3.8) is 0 Å². The standard InChI is InChI=1S/C12H14N2O2.ClH/c1-3-16-12(15)8-4-5-10-9(6-8)7-11(13-2)14-10;/h4-6H,3,7H2,1-2H3,(H,13,14);1H. The second-order valence-electron chi connectivity index (χ2n) is 3.56. The average Bonchev–Trinajstić information content (AvgIpc) is 2.70. The van der Waals surface area contributed by atoms with Gasteiger partial charge in [-0.3, -0.25) is 4.99 Å². The number of halogens is 1. The van der Waals surface area contributed by atoms with Gasteiger partial charge in [0.1, 0.15) is 5.84 Å². The largest absolute Gasteiger partial charge is 0.462 e. The Balaban J connectivity index is 0.00000144. The van der Waals surface area contributed by atoms with Crippen molar-refractivity contribution >= 4 is 29.9 Å². The van der Waals surface area contributed by atoms with Crippen LogP contribution in [0.4, 0.5) is 5.69 Å². The predicted molar refractivity (Wildman–Crippen MR) is 70.3 cm³/mol. The number of anilines is 1. The Labute approximate surface area is 106 Å². The molecule has 0 unspecified atom stereocenters. The summed E-state index contributed by atoms with van der Waals surface area (Å²) < 4.78 is 4.95. The van der Waals surface area contributed by atoms with E-state index in [9.17, 15) is 4.79 Å². The Bertz CT molecular complexity index is 458. The third-order valence-electron chi connectivity index (χ3n) is 2.52. The third kappa shape index (κ3) is 2.77. The molecular weight excluding hydrogens is 240 g/mol. The van der Waals surface area contributed by atoms with Crippen LogP contribution in [0.3, 0.4) is 0 Å². The molecule has 0 aliphatic carbocycles. The lowest BCUT2D eigenvalue weighted by molar-refractivity contribution is 0.0526. The predicted octanol–water partition coefficient (Wildman–Crippen LogP) is 2.28. The van der Waals surface area contributed by atoms with Gasteiger partial charge in [-0.05, 0) is 30.7 Å². The van der Waals surface area contributed by atoms with Gasteiger partial charge in [0.15, 0.2) is 0 Å². The first-order chi connectivity index (χ1) is 7.74. The molecule has 92 valence electrons. The van der Waals surface area contributed by atoms with Gasteiger partial charge in [-0.25, -0.2) is 4.79 Å². The summed E-state index contributed by atoms with van der Waals surface area (Å²) in [6, 6.07) is 5.51. The fourth-order valence-electron chi connectivity index (χ4n) is 1.72. The molecule has 0 saturated carbocycles. The fourth-order valence-corrected chi connectivity index (χ4v) is 1.72. The molecule has 1 aromatic rings. The van der Waals surface area contributed by atoms with Crippen molar-refractivity contribution in [1.82, 2.24) is 0 Å². The van der Waals surface area contributed by atoms with E-state index >= 15 is 0 Å². The maximum absolute atomic E-state index is 11.5. The number of ether oxygens (including phenoxy) is 1. The van der Waals surface area contributed by atoms with Crippen molar-refractivity contribution < 1.29 is 9.53 Å². The smallest absolute Gasteiger partial charge is 0.338 e. The monoisotopic (exact) mass is 254 g/mol. The lowest BCUT2D eigenvalue weighted by Gasteiger charge is -2.03. The van der Waals surface area contributed by atoms with Gasteiger partial charge in [0.25, 0.3) is 0 Å². The molecule has 0 fully saturated rings. The lowest BCUT2D eigenvalue weighted by Crippen LogP contribution is -2.04. The molecule has 1 aliphatic heterocycles. The lowest BCUT2D eigenvalue weighted by atomic mass is 10.1. The number of nitrogens with zero attached hydrogens (tertiary/aromatic N) is 1. The van der Waals surface area contributed by atoms with Crippen LogP contribution in [0.5, 0.6) is 0 Å². The average molecular weight is 255 g/mol. The molecule has 0 amide bonds. The normalized spacial score (nSPS) is 14.8. The zero-order valence-corrected chi connectivity index (χ0v) is 10.6. The van der Waals surface area contributed by atoms with Crippen molar-refractivity contribution in [3.05, 3.63) is 29.3 Å². The quantitative estimate of drug-likeness (QED) is 0.824. The van der Waals surface area contributed by atoms with E-state index in [2.05, 4.69) is 10.3 Å². The summed E-state index contributed by atoms with van der Waals surface area (Å²) in [7, 11) is 1.75. The number of hydrogen-bond donors (Lipinski definition) is 1. The number of nitrogens with one attached hydrogen (secondary N) is 1. The van der Waals surface area contributed by atoms with Crippen LogP contribution >= 0.6 is 12.4 Å². The molecular formula is C12H15ClN2O2. The maximum Gasteiger partial charge on any atom is 0.338 e. The molecule has 4 nitrogen and oxygen atoms in total. The van der Waals surface area contributed by atoms with Crippen LogP contribution in [0.25, 0.3) is 0 Å². The minimum Gasteiger partial charge on any atom is -0.462 e. The molecule has 1 heterocycles. The Kier molecular flexibility index (Phi) is 4.52. The van der Waals surface area contributed by atoms with Crippen molar-refractivity contribution in [1.29, 1.82) is 0 Å². The fraction of sp³-hybridized carbons (Fsp3) is 0.333. The van der Waals surface area contributed by atoms with Crippen LogP contribution < -0.4 is 5.32 Å². The summed E-state index contributed by atoms with van der Waals surface area (Å²) in [6.07, 6.45) is 0.749. The number of aliphatic imine (C=N–C) groups is 1. The van der Waals surface area contributed by atoms with Crippen molar-refractivity contribution in [2.75, 3.05) is 19.0 Å². The van der Waals surface area contributed by atoms with Gasteiger partial charge in [0.2, 0.25) is 0 Å². The second kappa shape index (κ2) is 5.68. The number of benzene rings is 1. The van der Waals surface area contributed by atoms with Crippen molar-refractivity contribution in [2.45, 2.75) is 13.3 Å². The molecule has 0 spiro atoms. The summed E-state index contributed by atoms with van der Waals surface area (Å²) in [5, 5.41) is 3.18.